The third kappa shape index (κ3) is 2.30. The van der Waals surface area contributed by atoms with Crippen LogP contribution in [0.25, 0.3) is 0 Å². The molecular weight excluding hydrogens is 283 g/mol. The zero-order valence-electron chi connectivity index (χ0n) is 10.2. The lowest BCUT2D eigenvalue weighted by Crippen LogP contribution is -2.27. The molecule has 1 aromatic carbocycles. The second kappa shape index (κ2) is 5.47. The van der Waals surface area contributed by atoms with Crippen LogP contribution in [0.5, 0.6) is 0 Å². The fourth-order valence-electron chi connectivity index (χ4n) is 2.43. The Labute approximate surface area is 111 Å². The molecule has 1 aliphatic rings. The van der Waals surface area contributed by atoms with Crippen LogP contribution in [0.2, 0.25) is 0 Å². The van der Waals surface area contributed by atoms with Crippen molar-refractivity contribution in [1.29, 1.82) is 0 Å². The monoisotopic (exact) mass is 294 g/mol. The van der Waals surface area contributed by atoms with Crippen LogP contribution in [0, 0.1) is 35.0 Å². The second-order valence-electron chi connectivity index (χ2n) is 4.75. The van der Waals surface area contributed by atoms with Gasteiger partial charge in [-0.05, 0) is 12.8 Å². The van der Waals surface area contributed by atoms with E-state index < -0.39 is 52.5 Å². The Bertz CT molecular complexity index is 529. The minimum Gasteiger partial charge on any atom is -0.387 e. The summed E-state index contributed by atoms with van der Waals surface area (Å²) in [5, 5.41) is 9.86. The van der Waals surface area contributed by atoms with Crippen LogP contribution in [-0.2, 0) is 4.79 Å². The second-order valence-corrected chi connectivity index (χ2v) is 4.75. The van der Waals surface area contributed by atoms with Gasteiger partial charge in [-0.25, -0.2) is 22.0 Å². The summed E-state index contributed by atoms with van der Waals surface area (Å²) < 4.78 is 66.1. The van der Waals surface area contributed by atoms with Crippen LogP contribution in [0.1, 0.15) is 37.4 Å². The van der Waals surface area contributed by atoms with Crippen molar-refractivity contribution in [2.24, 2.45) is 5.92 Å². The highest BCUT2D eigenvalue weighted by Gasteiger charge is 2.37. The van der Waals surface area contributed by atoms with Crippen LogP contribution < -0.4 is 0 Å². The van der Waals surface area contributed by atoms with Gasteiger partial charge in [0.2, 0.25) is 5.82 Å². The average molecular weight is 294 g/mol. The van der Waals surface area contributed by atoms with Crippen molar-refractivity contribution in [3.05, 3.63) is 34.6 Å². The Morgan fingerprint density at radius 1 is 0.900 bits per heavy atom. The van der Waals surface area contributed by atoms with Gasteiger partial charge in [0.05, 0.1) is 11.7 Å². The summed E-state index contributed by atoms with van der Waals surface area (Å²) in [6, 6.07) is 0. The summed E-state index contributed by atoms with van der Waals surface area (Å²) in [5.41, 5.74) is -1.33. The van der Waals surface area contributed by atoms with E-state index in [0.29, 0.717) is 12.8 Å². The number of benzene rings is 1. The number of Topliss-reactive ketones (excluding diaryl/α,β-unsaturated/α-hetero) is 1. The van der Waals surface area contributed by atoms with E-state index in [1.807, 2.05) is 0 Å². The van der Waals surface area contributed by atoms with E-state index in [-0.39, 0.29) is 12.8 Å². The molecule has 1 aromatic rings. The molecule has 0 spiro atoms. The molecule has 1 fully saturated rings. The molecule has 1 aliphatic carbocycles. The maximum atomic E-state index is 13.5. The first-order valence-electron chi connectivity index (χ1n) is 6.08. The average Bonchev–Trinajstić information content (AvgIpc) is 2.43. The van der Waals surface area contributed by atoms with E-state index in [1.54, 1.807) is 0 Å². The van der Waals surface area contributed by atoms with E-state index in [1.165, 1.54) is 0 Å². The van der Waals surface area contributed by atoms with Crippen molar-refractivity contribution in [3.8, 4) is 0 Å². The van der Waals surface area contributed by atoms with Gasteiger partial charge in [-0.15, -0.1) is 0 Å². The first-order valence-corrected chi connectivity index (χ1v) is 6.08. The van der Waals surface area contributed by atoms with Gasteiger partial charge in [-0.2, -0.15) is 0 Å². The summed E-state index contributed by atoms with van der Waals surface area (Å²) in [6.07, 6.45) is -0.633. The molecule has 0 radical (unpaired) electrons. The molecule has 0 aromatic heterocycles. The SMILES string of the molecule is O=C1CCCC[C@H]1[C@H](O)c1c(F)c(F)c(F)c(F)c1F. The van der Waals surface area contributed by atoms with Crippen LogP contribution >= 0.6 is 0 Å². The van der Waals surface area contributed by atoms with Crippen molar-refractivity contribution in [1.82, 2.24) is 0 Å². The highest BCUT2D eigenvalue weighted by molar-refractivity contribution is 5.82. The maximum absolute atomic E-state index is 13.5. The zero-order chi connectivity index (χ0) is 15.0. The number of aliphatic hydroxyl groups is 1. The van der Waals surface area contributed by atoms with Gasteiger partial charge >= 0.3 is 0 Å². The largest absolute Gasteiger partial charge is 0.387 e. The number of halogens is 5. The third-order valence-corrected chi connectivity index (χ3v) is 3.52. The lowest BCUT2D eigenvalue weighted by molar-refractivity contribution is -0.128. The van der Waals surface area contributed by atoms with Crippen molar-refractivity contribution in [2.75, 3.05) is 0 Å². The quantitative estimate of drug-likeness (QED) is 0.517. The first-order chi connectivity index (χ1) is 9.36. The minimum atomic E-state index is -2.29. The molecular formula is C13H11F5O2. The number of ketones is 1. The number of carbonyl (C=O) groups excluding carboxylic acids is 1. The predicted molar refractivity (Wildman–Crippen MR) is 58.2 cm³/mol. The molecule has 2 rings (SSSR count). The molecule has 2 nitrogen and oxygen atoms in total. The zero-order valence-corrected chi connectivity index (χ0v) is 10.2. The smallest absolute Gasteiger partial charge is 0.200 e. The highest BCUT2D eigenvalue weighted by Crippen LogP contribution is 2.36. The van der Waals surface area contributed by atoms with Gasteiger partial charge in [0.25, 0.3) is 0 Å². The normalized spacial score (nSPS) is 21.1. The molecule has 110 valence electrons. The lowest BCUT2D eigenvalue weighted by atomic mass is 9.81. The number of aliphatic hydroxyl groups excluding tert-OH is 1. The standard InChI is InChI=1S/C13H11F5O2/c14-8-7(9(15)11(17)12(18)10(8)16)13(20)5-3-1-2-4-6(5)19/h5,13,20H,1-4H2/t5-,13+/m1/s1. The molecule has 0 aliphatic heterocycles. The van der Waals surface area contributed by atoms with E-state index in [2.05, 4.69) is 0 Å². The van der Waals surface area contributed by atoms with E-state index >= 15 is 0 Å². The van der Waals surface area contributed by atoms with Crippen molar-refractivity contribution >= 4 is 5.78 Å². The molecule has 0 bridgehead atoms. The molecule has 0 unspecified atom stereocenters. The summed E-state index contributed by atoms with van der Waals surface area (Å²) in [6.45, 7) is 0. The summed E-state index contributed by atoms with van der Waals surface area (Å²) in [5.74, 6) is -12.3. The molecule has 2 atom stereocenters. The van der Waals surface area contributed by atoms with Gasteiger partial charge in [0.1, 0.15) is 5.78 Å². The Balaban J connectivity index is 2.49. The van der Waals surface area contributed by atoms with Gasteiger partial charge in [0.15, 0.2) is 23.3 Å². The lowest BCUT2D eigenvalue weighted by Gasteiger charge is -2.26. The van der Waals surface area contributed by atoms with Crippen LogP contribution in [0.3, 0.4) is 0 Å². The van der Waals surface area contributed by atoms with Gasteiger partial charge < -0.3 is 5.11 Å². The van der Waals surface area contributed by atoms with Gasteiger partial charge in [-0.1, -0.05) is 6.42 Å². The predicted octanol–water partition coefficient (Wildman–Crippen LogP) is 3.17. The fraction of sp³-hybridized carbons (Fsp3) is 0.462. The molecule has 0 saturated heterocycles. The number of hydrogen-bond acceptors (Lipinski definition) is 2. The van der Waals surface area contributed by atoms with Crippen LogP contribution in [0.15, 0.2) is 0 Å². The molecule has 0 amide bonds. The fourth-order valence-corrected chi connectivity index (χ4v) is 2.43. The molecule has 1 saturated carbocycles. The molecule has 20 heavy (non-hydrogen) atoms. The van der Waals surface area contributed by atoms with Crippen molar-refractivity contribution in [2.45, 2.75) is 31.8 Å². The van der Waals surface area contributed by atoms with Crippen LogP contribution in [0.4, 0.5) is 22.0 Å². The molecule has 7 heteroatoms. The number of carbonyl (C=O) groups is 1. The van der Waals surface area contributed by atoms with Gasteiger partial charge in [-0.3, -0.25) is 4.79 Å². The first kappa shape index (κ1) is 14.9. The molecule has 0 heterocycles. The Kier molecular flexibility index (Phi) is 4.08. The Morgan fingerprint density at radius 2 is 1.40 bits per heavy atom. The molecule has 1 N–H and O–H groups in total. The number of rotatable bonds is 2. The minimum absolute atomic E-state index is 0.122. The number of hydrogen-bond donors (Lipinski definition) is 1. The van der Waals surface area contributed by atoms with Crippen molar-refractivity contribution < 1.29 is 31.9 Å². The van der Waals surface area contributed by atoms with Crippen molar-refractivity contribution in [3.63, 3.8) is 0 Å². The summed E-state index contributed by atoms with van der Waals surface area (Å²) >= 11 is 0. The van der Waals surface area contributed by atoms with Gasteiger partial charge in [0, 0.05) is 12.3 Å². The Morgan fingerprint density at radius 3 is 1.90 bits per heavy atom. The highest BCUT2D eigenvalue weighted by atomic mass is 19.2. The van der Waals surface area contributed by atoms with Crippen LogP contribution in [-0.4, -0.2) is 10.9 Å². The summed E-state index contributed by atoms with van der Waals surface area (Å²) in [7, 11) is 0. The Hall–Kier alpha value is -1.50. The van der Waals surface area contributed by atoms with E-state index in [4.69, 9.17) is 0 Å². The third-order valence-electron chi connectivity index (χ3n) is 3.52. The van der Waals surface area contributed by atoms with E-state index in [9.17, 15) is 31.9 Å². The van der Waals surface area contributed by atoms with E-state index in [0.717, 1.165) is 0 Å². The topological polar surface area (TPSA) is 37.3 Å². The summed E-state index contributed by atoms with van der Waals surface area (Å²) in [4.78, 5) is 11.6. The maximum Gasteiger partial charge on any atom is 0.200 e.